The lowest BCUT2D eigenvalue weighted by Crippen LogP contribution is -2.49. The van der Waals surface area contributed by atoms with Crippen molar-refractivity contribution in [3.8, 4) is 0 Å². The maximum atomic E-state index is 12.5. The predicted molar refractivity (Wildman–Crippen MR) is 159 cm³/mol. The van der Waals surface area contributed by atoms with E-state index in [9.17, 15) is 4.79 Å². The molecule has 1 amide bonds. The van der Waals surface area contributed by atoms with Crippen LogP contribution in [0.4, 0.5) is 17.5 Å². The number of anilines is 3. The molecule has 1 saturated heterocycles. The molecule has 0 aliphatic carbocycles. The molecule has 1 aromatic heterocycles. The molecule has 3 N–H and O–H groups in total. The van der Waals surface area contributed by atoms with Gasteiger partial charge in [-0.2, -0.15) is 4.98 Å². The average molecular weight is 540 g/mol. The summed E-state index contributed by atoms with van der Waals surface area (Å²) in [5.74, 6) is 2.27. The Morgan fingerprint density at radius 3 is 2.53 bits per heavy atom. The van der Waals surface area contributed by atoms with E-state index in [1.165, 1.54) is 11.1 Å². The van der Waals surface area contributed by atoms with Crippen molar-refractivity contribution in [2.24, 2.45) is 4.99 Å². The molecule has 2 heterocycles. The van der Waals surface area contributed by atoms with Crippen LogP contribution in [0.1, 0.15) is 69.6 Å². The first-order valence-electron chi connectivity index (χ1n) is 13.5. The number of hydrogen-bond acceptors (Lipinski definition) is 6. The maximum Gasteiger partial charge on any atom is 0.237 e. The zero-order chi connectivity index (χ0) is 27.8. The normalized spacial score (nSPS) is 15.6. The monoisotopic (exact) mass is 539 g/mol. The molecule has 206 valence electrons. The van der Waals surface area contributed by atoms with Gasteiger partial charge in [-0.3, -0.25) is 14.7 Å². The second-order valence-corrected chi connectivity index (χ2v) is 10.5. The minimum absolute atomic E-state index is 0.0363. The fourth-order valence-corrected chi connectivity index (χ4v) is 5.16. The van der Waals surface area contributed by atoms with Gasteiger partial charge < -0.3 is 16.0 Å². The number of rotatable bonds is 9. The summed E-state index contributed by atoms with van der Waals surface area (Å²) in [4.78, 5) is 28.1. The van der Waals surface area contributed by atoms with E-state index in [1.807, 2.05) is 26.8 Å². The molecule has 3 rings (SSSR count). The number of likely N-dealkylation sites (tertiary alicyclic amines) is 1. The summed E-state index contributed by atoms with van der Waals surface area (Å²) in [6, 6.07) is 4.42. The number of amides is 1. The van der Waals surface area contributed by atoms with Crippen LogP contribution in [0.3, 0.4) is 0 Å². The number of hydrogen-bond donors (Lipinski definition) is 3. The Hall–Kier alpha value is -2.97. The molecule has 0 bridgehead atoms. The van der Waals surface area contributed by atoms with Crippen molar-refractivity contribution in [1.29, 1.82) is 0 Å². The van der Waals surface area contributed by atoms with Crippen LogP contribution in [0.5, 0.6) is 0 Å². The number of amidine groups is 1. The van der Waals surface area contributed by atoms with E-state index in [-0.39, 0.29) is 11.9 Å². The first-order chi connectivity index (χ1) is 18.2. The lowest BCUT2D eigenvalue weighted by Gasteiger charge is -2.37. The fourth-order valence-electron chi connectivity index (χ4n) is 5.02. The number of aryl methyl sites for hydroxylation is 2. The third kappa shape index (κ3) is 7.54. The van der Waals surface area contributed by atoms with Gasteiger partial charge in [0.25, 0.3) is 0 Å². The Morgan fingerprint density at radius 2 is 1.92 bits per heavy atom. The number of benzene rings is 1. The second kappa shape index (κ2) is 13.7. The Balaban J connectivity index is 1.72. The van der Waals surface area contributed by atoms with Crippen LogP contribution < -0.4 is 16.0 Å². The van der Waals surface area contributed by atoms with Gasteiger partial charge >= 0.3 is 0 Å². The van der Waals surface area contributed by atoms with Crippen LogP contribution in [0.2, 0.25) is 5.02 Å². The molecule has 0 radical (unpaired) electrons. The van der Waals surface area contributed by atoms with Gasteiger partial charge in [0, 0.05) is 19.3 Å². The quantitative estimate of drug-likeness (QED) is 0.267. The summed E-state index contributed by atoms with van der Waals surface area (Å²) < 4.78 is 0. The number of nitrogens with zero attached hydrogens (tertiary/aromatic N) is 4. The molecule has 0 saturated carbocycles. The van der Waals surface area contributed by atoms with Gasteiger partial charge in [-0.05, 0) is 102 Å². The van der Waals surface area contributed by atoms with E-state index in [4.69, 9.17) is 11.6 Å². The summed E-state index contributed by atoms with van der Waals surface area (Å²) in [7, 11) is 1.72. The van der Waals surface area contributed by atoms with Crippen molar-refractivity contribution in [2.45, 2.75) is 72.8 Å². The Kier molecular flexibility index (Phi) is 10.7. The van der Waals surface area contributed by atoms with Crippen LogP contribution in [-0.4, -0.2) is 59.3 Å². The highest BCUT2D eigenvalue weighted by Gasteiger charge is 2.29. The number of piperidine rings is 1. The van der Waals surface area contributed by atoms with Gasteiger partial charge in [-0.25, -0.2) is 4.98 Å². The lowest BCUT2D eigenvalue weighted by atomic mass is 9.85. The highest BCUT2D eigenvalue weighted by atomic mass is 35.5. The number of allylic oxidation sites excluding steroid dienone is 1. The topological polar surface area (TPSA) is 94.5 Å². The minimum Gasteiger partial charge on any atom is -0.355 e. The summed E-state index contributed by atoms with van der Waals surface area (Å²) in [6.45, 7) is 14.9. The molecular formula is C29H42ClN7O. The van der Waals surface area contributed by atoms with E-state index in [0.29, 0.717) is 35.1 Å². The zero-order valence-electron chi connectivity index (χ0n) is 23.8. The van der Waals surface area contributed by atoms with Crippen LogP contribution in [0, 0.1) is 13.8 Å². The molecule has 1 atom stereocenters. The van der Waals surface area contributed by atoms with Crippen LogP contribution in [0.15, 0.2) is 35.0 Å². The van der Waals surface area contributed by atoms with Gasteiger partial charge in [-0.15, -0.1) is 0 Å². The number of nitrogens with one attached hydrogen (secondary N) is 3. The van der Waals surface area contributed by atoms with E-state index in [1.54, 1.807) is 13.2 Å². The number of carbonyl (C=O) groups excluding carboxylic acids is 1. The van der Waals surface area contributed by atoms with Crippen LogP contribution >= 0.6 is 11.6 Å². The van der Waals surface area contributed by atoms with Gasteiger partial charge in [0.15, 0.2) is 5.82 Å². The lowest BCUT2D eigenvalue weighted by molar-refractivity contribution is -0.127. The molecule has 1 unspecified atom stereocenters. The summed E-state index contributed by atoms with van der Waals surface area (Å²) >= 11 is 6.36. The highest BCUT2D eigenvalue weighted by Crippen LogP contribution is 2.34. The summed E-state index contributed by atoms with van der Waals surface area (Å²) in [5.41, 5.74) is 5.83. The van der Waals surface area contributed by atoms with Gasteiger partial charge in [-0.1, -0.05) is 30.2 Å². The van der Waals surface area contributed by atoms with Crippen molar-refractivity contribution in [2.75, 3.05) is 37.3 Å². The molecule has 1 fully saturated rings. The number of carbonyl (C=O) groups is 1. The van der Waals surface area contributed by atoms with Crippen molar-refractivity contribution in [1.82, 2.24) is 20.2 Å². The Bertz CT molecular complexity index is 1180. The number of likely N-dealkylation sites (N-methyl/N-ethyl adjacent to an activating group) is 1. The summed E-state index contributed by atoms with van der Waals surface area (Å²) in [6.07, 6.45) is 6.45. The molecule has 0 spiro atoms. The summed E-state index contributed by atoms with van der Waals surface area (Å²) in [5, 5.41) is 9.96. The van der Waals surface area contributed by atoms with E-state index in [2.05, 4.69) is 68.7 Å². The number of aromatic nitrogens is 2. The first kappa shape index (κ1) is 29.6. The second-order valence-electron chi connectivity index (χ2n) is 10.1. The van der Waals surface area contributed by atoms with Crippen LogP contribution in [-0.2, 0) is 4.79 Å². The minimum atomic E-state index is -0.0363. The van der Waals surface area contributed by atoms with Gasteiger partial charge in [0.2, 0.25) is 11.9 Å². The van der Waals surface area contributed by atoms with Crippen molar-refractivity contribution in [3.63, 3.8) is 0 Å². The van der Waals surface area contributed by atoms with E-state index in [0.717, 1.165) is 49.2 Å². The smallest absolute Gasteiger partial charge is 0.237 e. The fraction of sp³-hybridized carbons (Fsp3) is 0.517. The van der Waals surface area contributed by atoms with Crippen LogP contribution in [0.25, 0.3) is 0 Å². The molecule has 8 nitrogen and oxygen atoms in total. The average Bonchev–Trinajstić information content (AvgIpc) is 2.88. The van der Waals surface area contributed by atoms with Gasteiger partial charge in [0.05, 0.1) is 12.2 Å². The molecule has 2 aromatic rings. The first-order valence-corrected chi connectivity index (χ1v) is 13.9. The Labute approximate surface area is 232 Å². The molecule has 1 aliphatic heterocycles. The third-order valence-corrected chi connectivity index (χ3v) is 7.24. The maximum absolute atomic E-state index is 12.5. The number of aliphatic imine (C=N–C) groups is 1. The van der Waals surface area contributed by atoms with Crippen molar-refractivity contribution in [3.05, 3.63) is 51.7 Å². The molecular weight excluding hydrogens is 498 g/mol. The molecule has 1 aromatic carbocycles. The molecule has 38 heavy (non-hydrogen) atoms. The molecule has 1 aliphatic rings. The number of halogens is 1. The largest absolute Gasteiger partial charge is 0.355 e. The Morgan fingerprint density at radius 1 is 1.21 bits per heavy atom. The van der Waals surface area contributed by atoms with Crippen molar-refractivity contribution >= 4 is 40.8 Å². The molecule has 9 heteroatoms. The standard InChI is InChI=1S/C29H42ClN7O/c1-8-25(28(38)32-9-2)37-12-10-21(11-13-37)22-15-20(6)24(16-19(22)5)34-29-33-17-23(30)27(36-29)35-26(31-7)14-18(3)4/h14-17,21,25H,8-13H2,1-7H3,(H,32,38)(H2,31,33,34,35,36). The third-order valence-electron chi connectivity index (χ3n) is 6.97. The highest BCUT2D eigenvalue weighted by molar-refractivity contribution is 6.33. The zero-order valence-corrected chi connectivity index (χ0v) is 24.5. The predicted octanol–water partition coefficient (Wildman–Crippen LogP) is 5.99. The van der Waals surface area contributed by atoms with E-state index >= 15 is 0 Å². The van der Waals surface area contributed by atoms with Crippen molar-refractivity contribution < 1.29 is 4.79 Å². The SMILES string of the molecule is CCNC(=O)C(CC)N1CCC(c2cc(C)c(Nc3ncc(Cl)c(NC(C=C(C)C)=NC)n3)cc2C)CC1. The van der Waals surface area contributed by atoms with Gasteiger partial charge in [0.1, 0.15) is 10.9 Å². The van der Waals surface area contributed by atoms with E-state index < -0.39 is 0 Å².